The van der Waals surface area contributed by atoms with Crippen molar-refractivity contribution in [3.05, 3.63) is 87.9 Å². The summed E-state index contributed by atoms with van der Waals surface area (Å²) in [4.78, 5) is 43.1. The highest BCUT2D eigenvalue weighted by molar-refractivity contribution is 9.10. The molecule has 0 spiro atoms. The normalized spacial score (nSPS) is 14.7. The first-order valence-corrected chi connectivity index (χ1v) is 13.1. The maximum Gasteiger partial charge on any atom is 0.303 e. The van der Waals surface area contributed by atoms with Crippen molar-refractivity contribution in [1.82, 2.24) is 5.32 Å². The van der Waals surface area contributed by atoms with E-state index in [1.165, 1.54) is 6.92 Å². The van der Waals surface area contributed by atoms with Crippen LogP contribution in [0, 0.1) is 0 Å². The van der Waals surface area contributed by atoms with Gasteiger partial charge in [-0.1, -0.05) is 40.2 Å². The van der Waals surface area contributed by atoms with Crippen molar-refractivity contribution in [3.63, 3.8) is 0 Å². The molecule has 1 aliphatic heterocycles. The van der Waals surface area contributed by atoms with Crippen molar-refractivity contribution in [3.8, 4) is 0 Å². The van der Waals surface area contributed by atoms with Crippen LogP contribution >= 0.6 is 15.9 Å². The molecule has 4 rings (SSSR count). The number of carbonyl (C=O) groups is 3. The van der Waals surface area contributed by atoms with Crippen molar-refractivity contribution < 1.29 is 19.5 Å². The number of nitrogens with zero attached hydrogens (tertiary/aromatic N) is 2. The summed E-state index contributed by atoms with van der Waals surface area (Å²) in [7, 11) is 1.84. The number of fused-ring (bicyclic) bond motifs is 1. The molecule has 9 heteroatoms. The molecular weight excluding hydrogens is 548 g/mol. The zero-order valence-corrected chi connectivity index (χ0v) is 22.8. The zero-order chi connectivity index (χ0) is 27.2. The van der Waals surface area contributed by atoms with E-state index in [1.54, 1.807) is 4.90 Å². The molecule has 3 aromatic rings. The number of carboxylic acids is 1. The number of likely N-dealkylation sites (N-methyl/N-ethyl adjacent to an activating group) is 1. The van der Waals surface area contributed by atoms with E-state index in [0.29, 0.717) is 30.9 Å². The van der Waals surface area contributed by atoms with Crippen molar-refractivity contribution in [2.24, 2.45) is 4.99 Å². The first kappa shape index (κ1) is 27.2. The quantitative estimate of drug-likeness (QED) is 0.297. The van der Waals surface area contributed by atoms with Gasteiger partial charge in [-0.05, 0) is 72.6 Å². The van der Waals surface area contributed by atoms with Crippen LogP contribution < -0.4 is 15.5 Å². The average Bonchev–Trinajstić information content (AvgIpc) is 3.21. The minimum absolute atomic E-state index is 0.0123. The number of hydrogen-bond donors (Lipinski definition) is 3. The van der Waals surface area contributed by atoms with Gasteiger partial charge >= 0.3 is 5.97 Å². The summed E-state index contributed by atoms with van der Waals surface area (Å²) in [5.74, 6) is -1.75. The molecule has 8 nitrogen and oxygen atoms in total. The number of aryl methyl sites for hydroxylation is 1. The molecule has 0 saturated heterocycles. The lowest BCUT2D eigenvalue weighted by atomic mass is 9.89. The minimum atomic E-state index is -0.867. The predicted molar refractivity (Wildman–Crippen MR) is 153 cm³/mol. The van der Waals surface area contributed by atoms with Gasteiger partial charge in [-0.2, -0.15) is 0 Å². The summed E-state index contributed by atoms with van der Waals surface area (Å²) in [6.07, 6.45) is 0.386. The second kappa shape index (κ2) is 12.1. The number of rotatable bonds is 10. The van der Waals surface area contributed by atoms with Gasteiger partial charge in [0, 0.05) is 42.3 Å². The molecule has 0 radical (unpaired) electrons. The lowest BCUT2D eigenvalue weighted by Crippen LogP contribution is -2.34. The Bertz CT molecular complexity index is 1390. The summed E-state index contributed by atoms with van der Waals surface area (Å²) >= 11 is 3.46. The summed E-state index contributed by atoms with van der Waals surface area (Å²) in [6, 6.07) is 20.5. The molecule has 3 N–H and O–H groups in total. The largest absolute Gasteiger partial charge is 0.481 e. The third kappa shape index (κ3) is 6.35. The predicted octanol–water partition coefficient (Wildman–Crippen LogP) is 4.90. The van der Waals surface area contributed by atoms with Crippen LogP contribution in [-0.2, 0) is 20.8 Å². The molecule has 2 amide bonds. The van der Waals surface area contributed by atoms with Crippen LogP contribution in [0.25, 0.3) is 0 Å². The fourth-order valence-electron chi connectivity index (χ4n) is 4.48. The van der Waals surface area contributed by atoms with E-state index in [4.69, 9.17) is 10.1 Å². The van der Waals surface area contributed by atoms with Crippen molar-refractivity contribution in [2.45, 2.75) is 25.7 Å². The second-order valence-electron chi connectivity index (χ2n) is 9.04. The van der Waals surface area contributed by atoms with E-state index >= 15 is 0 Å². The van der Waals surface area contributed by atoms with Crippen LogP contribution in [0.1, 0.15) is 36.0 Å². The number of aliphatic carboxylic acids is 1. The zero-order valence-electron chi connectivity index (χ0n) is 21.2. The highest BCUT2D eigenvalue weighted by Crippen LogP contribution is 2.38. The van der Waals surface area contributed by atoms with Crippen LogP contribution in [0.3, 0.4) is 0 Å². The van der Waals surface area contributed by atoms with Gasteiger partial charge in [-0.15, -0.1) is 0 Å². The van der Waals surface area contributed by atoms with Gasteiger partial charge in [0.2, 0.25) is 11.8 Å². The number of amides is 2. The highest BCUT2D eigenvalue weighted by Gasteiger charge is 2.35. The molecule has 0 aromatic heterocycles. The maximum absolute atomic E-state index is 13.2. The van der Waals surface area contributed by atoms with Gasteiger partial charge in [0.1, 0.15) is 5.92 Å². The molecule has 0 fully saturated rings. The summed E-state index contributed by atoms with van der Waals surface area (Å²) in [5.41, 5.74) is 5.09. The van der Waals surface area contributed by atoms with Crippen molar-refractivity contribution in [1.29, 1.82) is 0 Å². The summed E-state index contributed by atoms with van der Waals surface area (Å²) in [6.45, 7) is 2.73. The third-order valence-corrected chi connectivity index (χ3v) is 6.84. The van der Waals surface area contributed by atoms with Crippen molar-refractivity contribution >= 4 is 56.5 Å². The number of benzene rings is 3. The Hall–Kier alpha value is -3.82. The maximum atomic E-state index is 13.2. The molecule has 1 unspecified atom stereocenters. The number of aliphatic imine (C=N–C) groups is 1. The van der Waals surface area contributed by atoms with Crippen LogP contribution in [0.5, 0.6) is 0 Å². The standard InChI is InChI=1S/C29H29BrN4O4/c1-18(35)34(15-14-31-2)23-10-8-22(9-11-23)32-28(20-5-3-4-19(16-20)6-13-26(36)37)27-24-12-7-21(30)17-25(24)33-29(27)38/h3-5,7-12,16-17,27,31H,6,13-15H2,1-2H3,(H,33,38)(H,36,37). The number of anilines is 2. The molecule has 0 saturated carbocycles. The van der Waals surface area contributed by atoms with Crippen molar-refractivity contribution in [2.75, 3.05) is 30.4 Å². The molecule has 0 bridgehead atoms. The first-order valence-electron chi connectivity index (χ1n) is 12.3. The molecule has 0 aliphatic carbocycles. The third-order valence-electron chi connectivity index (χ3n) is 6.35. The Morgan fingerprint density at radius 2 is 1.87 bits per heavy atom. The molecule has 1 aliphatic rings. The Labute approximate surface area is 229 Å². The van der Waals surface area contributed by atoms with Gasteiger partial charge in [0.15, 0.2) is 0 Å². The van der Waals surface area contributed by atoms with E-state index in [2.05, 4.69) is 26.6 Å². The smallest absolute Gasteiger partial charge is 0.303 e. The fraction of sp³-hybridized carbons (Fsp3) is 0.241. The SMILES string of the molecule is CNCCN(C(C)=O)c1ccc(N=C(c2cccc(CCC(=O)O)c2)C2C(=O)Nc3cc(Br)ccc32)cc1. The molecular formula is C29H29BrN4O4. The lowest BCUT2D eigenvalue weighted by Gasteiger charge is -2.21. The number of nitrogens with one attached hydrogen (secondary N) is 2. The molecule has 3 aromatic carbocycles. The minimum Gasteiger partial charge on any atom is -0.481 e. The van der Waals surface area contributed by atoms with Gasteiger partial charge < -0.3 is 20.6 Å². The Morgan fingerprint density at radius 3 is 2.55 bits per heavy atom. The molecule has 38 heavy (non-hydrogen) atoms. The van der Waals surface area contributed by atoms with E-state index in [1.807, 2.05) is 73.8 Å². The number of halogens is 1. The second-order valence-corrected chi connectivity index (χ2v) is 9.95. The lowest BCUT2D eigenvalue weighted by molar-refractivity contribution is -0.137. The summed E-state index contributed by atoms with van der Waals surface area (Å²) in [5, 5.41) is 15.1. The highest BCUT2D eigenvalue weighted by atomic mass is 79.9. The van der Waals surface area contributed by atoms with E-state index in [-0.39, 0.29) is 18.2 Å². The van der Waals surface area contributed by atoms with Gasteiger partial charge in [0.25, 0.3) is 0 Å². The van der Waals surface area contributed by atoms with E-state index in [0.717, 1.165) is 32.5 Å². The first-order chi connectivity index (χ1) is 18.3. The van der Waals surface area contributed by atoms with Gasteiger partial charge in [-0.3, -0.25) is 19.4 Å². The van der Waals surface area contributed by atoms with Crippen LogP contribution in [0.4, 0.5) is 17.1 Å². The Morgan fingerprint density at radius 1 is 1.11 bits per heavy atom. The Kier molecular flexibility index (Phi) is 8.70. The molecule has 196 valence electrons. The monoisotopic (exact) mass is 576 g/mol. The van der Waals surface area contributed by atoms with E-state index in [9.17, 15) is 14.4 Å². The topological polar surface area (TPSA) is 111 Å². The van der Waals surface area contributed by atoms with Gasteiger partial charge in [0.05, 0.1) is 11.4 Å². The van der Waals surface area contributed by atoms with Gasteiger partial charge in [-0.25, -0.2) is 0 Å². The average molecular weight is 577 g/mol. The van der Waals surface area contributed by atoms with E-state index < -0.39 is 11.9 Å². The Balaban J connectivity index is 1.76. The van der Waals surface area contributed by atoms with Crippen LogP contribution in [0.2, 0.25) is 0 Å². The number of carbonyl (C=O) groups excluding carboxylic acids is 2. The fourth-order valence-corrected chi connectivity index (χ4v) is 4.84. The summed E-state index contributed by atoms with van der Waals surface area (Å²) < 4.78 is 0.857. The van der Waals surface area contributed by atoms with Crippen LogP contribution in [0.15, 0.2) is 76.2 Å². The number of carboxylic acid groups (broad SMARTS) is 1. The molecule has 1 atom stereocenters. The van der Waals surface area contributed by atoms with Crippen LogP contribution in [-0.4, -0.2) is 48.7 Å². The number of hydrogen-bond acceptors (Lipinski definition) is 5. The molecule has 1 heterocycles.